The van der Waals surface area contributed by atoms with Gasteiger partial charge < -0.3 is 10.0 Å². The van der Waals surface area contributed by atoms with Crippen molar-refractivity contribution in [2.24, 2.45) is 5.92 Å². The maximum atomic E-state index is 12.0. The standard InChI is InChI=1S/C15H18ClNO2/c16-13-4-2-1-3-11(13)5-8-14(18)17-9-15(19,10-17)12-6-7-12/h1-4,12,19H,5-10H2. The molecule has 1 heterocycles. The average Bonchev–Trinajstić information content (AvgIpc) is 3.18. The predicted octanol–water partition coefficient (Wildman–Crippen LogP) is 2.26. The second kappa shape index (κ2) is 4.80. The van der Waals surface area contributed by atoms with E-state index in [9.17, 15) is 9.90 Å². The van der Waals surface area contributed by atoms with Crippen molar-refractivity contribution in [3.63, 3.8) is 0 Å². The number of hydrogen-bond acceptors (Lipinski definition) is 2. The molecular weight excluding hydrogens is 262 g/mol. The first-order valence-electron chi connectivity index (χ1n) is 6.82. The zero-order valence-electron chi connectivity index (χ0n) is 10.8. The lowest BCUT2D eigenvalue weighted by Crippen LogP contribution is -2.64. The van der Waals surface area contributed by atoms with Crippen LogP contribution in [0, 0.1) is 5.92 Å². The zero-order chi connectivity index (χ0) is 13.5. The molecule has 0 atom stereocenters. The minimum atomic E-state index is -0.583. The number of halogens is 1. The Labute approximate surface area is 118 Å². The summed E-state index contributed by atoms with van der Waals surface area (Å²) >= 11 is 6.07. The van der Waals surface area contributed by atoms with E-state index < -0.39 is 5.60 Å². The first kappa shape index (κ1) is 12.9. The summed E-state index contributed by atoms with van der Waals surface area (Å²) < 4.78 is 0. The van der Waals surface area contributed by atoms with Crippen molar-refractivity contribution < 1.29 is 9.90 Å². The number of amides is 1. The minimum Gasteiger partial charge on any atom is -0.386 e. The van der Waals surface area contributed by atoms with Crippen molar-refractivity contribution in [1.82, 2.24) is 4.90 Å². The van der Waals surface area contributed by atoms with E-state index in [0.717, 1.165) is 18.4 Å². The third-order valence-electron chi connectivity index (χ3n) is 4.19. The van der Waals surface area contributed by atoms with Crippen molar-refractivity contribution in [1.29, 1.82) is 0 Å². The molecule has 0 aromatic heterocycles. The summed E-state index contributed by atoms with van der Waals surface area (Å²) in [5.74, 6) is 0.547. The summed E-state index contributed by atoms with van der Waals surface area (Å²) in [7, 11) is 0. The first-order chi connectivity index (χ1) is 9.08. The summed E-state index contributed by atoms with van der Waals surface area (Å²) in [5.41, 5.74) is 0.426. The van der Waals surface area contributed by atoms with Gasteiger partial charge in [0.05, 0.1) is 13.1 Å². The molecule has 1 aliphatic heterocycles. The molecule has 1 N–H and O–H groups in total. The number of carbonyl (C=O) groups excluding carboxylic acids is 1. The molecule has 1 saturated carbocycles. The fraction of sp³-hybridized carbons (Fsp3) is 0.533. The molecule has 102 valence electrons. The largest absolute Gasteiger partial charge is 0.386 e. The number of aryl methyl sites for hydroxylation is 1. The van der Waals surface area contributed by atoms with Gasteiger partial charge in [0.25, 0.3) is 0 Å². The molecule has 19 heavy (non-hydrogen) atoms. The molecule has 1 aromatic rings. The van der Waals surface area contributed by atoms with E-state index in [-0.39, 0.29) is 5.91 Å². The van der Waals surface area contributed by atoms with Crippen LogP contribution in [0.15, 0.2) is 24.3 Å². The number of hydrogen-bond donors (Lipinski definition) is 1. The molecule has 4 heteroatoms. The van der Waals surface area contributed by atoms with Crippen LogP contribution in [-0.4, -0.2) is 34.6 Å². The molecule has 0 bridgehead atoms. The highest BCUT2D eigenvalue weighted by atomic mass is 35.5. The van der Waals surface area contributed by atoms with E-state index in [2.05, 4.69) is 0 Å². The van der Waals surface area contributed by atoms with Crippen LogP contribution in [-0.2, 0) is 11.2 Å². The number of likely N-dealkylation sites (tertiary alicyclic amines) is 1. The highest BCUT2D eigenvalue weighted by Gasteiger charge is 2.52. The monoisotopic (exact) mass is 279 g/mol. The van der Waals surface area contributed by atoms with Crippen LogP contribution < -0.4 is 0 Å². The van der Waals surface area contributed by atoms with Crippen molar-refractivity contribution in [3.05, 3.63) is 34.9 Å². The Kier molecular flexibility index (Phi) is 3.27. The molecule has 1 aromatic carbocycles. The Balaban J connectivity index is 1.49. The van der Waals surface area contributed by atoms with Crippen LogP contribution in [0.25, 0.3) is 0 Å². The van der Waals surface area contributed by atoms with Crippen LogP contribution in [0.3, 0.4) is 0 Å². The van der Waals surface area contributed by atoms with E-state index in [4.69, 9.17) is 11.6 Å². The van der Waals surface area contributed by atoms with Gasteiger partial charge >= 0.3 is 0 Å². The van der Waals surface area contributed by atoms with E-state index in [0.29, 0.717) is 36.9 Å². The molecule has 0 unspecified atom stereocenters. The van der Waals surface area contributed by atoms with Crippen LogP contribution in [0.4, 0.5) is 0 Å². The molecule has 0 radical (unpaired) electrons. The quantitative estimate of drug-likeness (QED) is 0.918. The van der Waals surface area contributed by atoms with Crippen molar-refractivity contribution in [2.45, 2.75) is 31.3 Å². The Morgan fingerprint density at radius 3 is 2.68 bits per heavy atom. The van der Waals surface area contributed by atoms with Gasteiger partial charge in [0, 0.05) is 11.4 Å². The van der Waals surface area contributed by atoms with Gasteiger partial charge in [-0.3, -0.25) is 4.79 Å². The van der Waals surface area contributed by atoms with Gasteiger partial charge in [0.15, 0.2) is 0 Å². The van der Waals surface area contributed by atoms with Crippen molar-refractivity contribution in [3.8, 4) is 0 Å². The van der Waals surface area contributed by atoms with E-state index >= 15 is 0 Å². The Hall–Kier alpha value is -1.06. The van der Waals surface area contributed by atoms with Gasteiger partial charge in [-0.2, -0.15) is 0 Å². The van der Waals surface area contributed by atoms with Crippen LogP contribution in [0.1, 0.15) is 24.8 Å². The third kappa shape index (κ3) is 2.63. The molecule has 1 aliphatic carbocycles. The summed E-state index contributed by atoms with van der Waals surface area (Å²) in [6.07, 6.45) is 3.34. The summed E-state index contributed by atoms with van der Waals surface area (Å²) in [4.78, 5) is 13.8. The van der Waals surface area contributed by atoms with Crippen molar-refractivity contribution in [2.75, 3.05) is 13.1 Å². The predicted molar refractivity (Wildman–Crippen MR) is 74.0 cm³/mol. The highest BCUT2D eigenvalue weighted by molar-refractivity contribution is 6.31. The lowest BCUT2D eigenvalue weighted by molar-refractivity contribution is -0.159. The van der Waals surface area contributed by atoms with Crippen LogP contribution >= 0.6 is 11.6 Å². The molecule has 3 nitrogen and oxygen atoms in total. The molecule has 1 saturated heterocycles. The molecule has 2 aliphatic rings. The number of nitrogens with zero attached hydrogens (tertiary/aromatic N) is 1. The van der Waals surface area contributed by atoms with Crippen LogP contribution in [0.2, 0.25) is 5.02 Å². The SMILES string of the molecule is O=C(CCc1ccccc1Cl)N1CC(O)(C2CC2)C1. The second-order valence-electron chi connectivity index (χ2n) is 5.72. The number of carbonyl (C=O) groups is 1. The molecular formula is C15H18ClNO2. The summed E-state index contributed by atoms with van der Waals surface area (Å²) in [5, 5.41) is 10.9. The smallest absolute Gasteiger partial charge is 0.223 e. The molecule has 2 fully saturated rings. The van der Waals surface area contributed by atoms with Gasteiger partial charge in [0.2, 0.25) is 5.91 Å². The number of β-amino-alcohol motifs (C(OH)–C–C–N with tert-alkyl or cyclic N) is 1. The molecule has 1 amide bonds. The third-order valence-corrected chi connectivity index (χ3v) is 4.55. The van der Waals surface area contributed by atoms with E-state index in [1.165, 1.54) is 0 Å². The van der Waals surface area contributed by atoms with Gasteiger partial charge in [-0.05, 0) is 36.8 Å². The van der Waals surface area contributed by atoms with Gasteiger partial charge in [0.1, 0.15) is 5.60 Å². The molecule has 0 spiro atoms. The van der Waals surface area contributed by atoms with E-state index in [1.54, 1.807) is 4.90 Å². The Bertz CT molecular complexity index is 493. The van der Waals surface area contributed by atoms with Gasteiger partial charge in [-0.15, -0.1) is 0 Å². The Morgan fingerprint density at radius 2 is 2.05 bits per heavy atom. The fourth-order valence-corrected chi connectivity index (χ4v) is 3.00. The number of benzene rings is 1. The average molecular weight is 280 g/mol. The second-order valence-corrected chi connectivity index (χ2v) is 6.13. The minimum absolute atomic E-state index is 0.116. The summed E-state index contributed by atoms with van der Waals surface area (Å²) in [6, 6.07) is 7.61. The van der Waals surface area contributed by atoms with Gasteiger partial charge in [-0.1, -0.05) is 29.8 Å². The normalized spacial score (nSPS) is 21.1. The zero-order valence-corrected chi connectivity index (χ0v) is 11.6. The van der Waals surface area contributed by atoms with Crippen molar-refractivity contribution >= 4 is 17.5 Å². The van der Waals surface area contributed by atoms with E-state index in [1.807, 2.05) is 24.3 Å². The summed E-state index contributed by atoms with van der Waals surface area (Å²) in [6.45, 7) is 1.03. The van der Waals surface area contributed by atoms with Gasteiger partial charge in [-0.25, -0.2) is 0 Å². The highest BCUT2D eigenvalue weighted by Crippen LogP contribution is 2.44. The maximum absolute atomic E-state index is 12.0. The maximum Gasteiger partial charge on any atom is 0.223 e. The Morgan fingerprint density at radius 1 is 1.37 bits per heavy atom. The number of rotatable bonds is 4. The lowest BCUT2D eigenvalue weighted by atomic mass is 9.88. The topological polar surface area (TPSA) is 40.5 Å². The fourth-order valence-electron chi connectivity index (χ4n) is 2.77. The molecule has 3 rings (SSSR count). The number of aliphatic hydroxyl groups is 1. The van der Waals surface area contributed by atoms with Crippen LogP contribution in [0.5, 0.6) is 0 Å². The lowest BCUT2D eigenvalue weighted by Gasteiger charge is -2.47. The first-order valence-corrected chi connectivity index (χ1v) is 7.20.